The van der Waals surface area contributed by atoms with Crippen molar-refractivity contribution in [2.45, 2.75) is 19.4 Å². The van der Waals surface area contributed by atoms with Gasteiger partial charge >= 0.3 is 0 Å². The predicted molar refractivity (Wildman–Crippen MR) is 123 cm³/mol. The van der Waals surface area contributed by atoms with Gasteiger partial charge in [0.15, 0.2) is 0 Å². The summed E-state index contributed by atoms with van der Waals surface area (Å²) in [6.07, 6.45) is 2.80. The number of anilines is 1. The van der Waals surface area contributed by atoms with E-state index in [0.717, 1.165) is 17.5 Å². The van der Waals surface area contributed by atoms with E-state index < -0.39 is 0 Å². The smallest absolute Gasteiger partial charge is 0.256 e. The monoisotopic (exact) mass is 463 g/mol. The Labute approximate surface area is 183 Å². The summed E-state index contributed by atoms with van der Waals surface area (Å²) in [5.41, 5.74) is 4.33. The summed E-state index contributed by atoms with van der Waals surface area (Å²) in [7, 11) is 1.58. The third kappa shape index (κ3) is 3.96. The molecule has 5 nitrogen and oxygen atoms in total. The SMILES string of the molecule is CCC(c1ccccc1)n1cnc2ccc(NC(=O)c3cc(OC)ccc3Br)cc21. The van der Waals surface area contributed by atoms with Crippen LogP contribution in [0.1, 0.15) is 35.3 Å². The number of imidazole rings is 1. The number of halogens is 1. The zero-order valence-corrected chi connectivity index (χ0v) is 18.4. The number of ether oxygens (including phenoxy) is 1. The van der Waals surface area contributed by atoms with Crippen LogP contribution < -0.4 is 10.1 Å². The Morgan fingerprint density at radius 2 is 1.93 bits per heavy atom. The number of amides is 1. The molecule has 1 heterocycles. The maximum Gasteiger partial charge on any atom is 0.256 e. The Hall–Kier alpha value is -3.12. The summed E-state index contributed by atoms with van der Waals surface area (Å²) in [6, 6.07) is 21.7. The van der Waals surface area contributed by atoms with Crippen LogP contribution in [0.25, 0.3) is 11.0 Å². The number of hydrogen-bond acceptors (Lipinski definition) is 3. The zero-order chi connectivity index (χ0) is 21.1. The summed E-state index contributed by atoms with van der Waals surface area (Å²) in [5.74, 6) is 0.423. The molecule has 0 aliphatic heterocycles. The van der Waals surface area contributed by atoms with Crippen LogP contribution in [0, 0.1) is 0 Å². The average molecular weight is 464 g/mol. The molecule has 0 saturated carbocycles. The number of nitrogens with one attached hydrogen (secondary N) is 1. The molecule has 1 aromatic heterocycles. The number of rotatable bonds is 6. The molecule has 1 atom stereocenters. The van der Waals surface area contributed by atoms with E-state index in [9.17, 15) is 4.79 Å². The predicted octanol–water partition coefficient (Wildman–Crippen LogP) is 6.06. The van der Waals surface area contributed by atoms with Crippen LogP contribution in [0.4, 0.5) is 5.69 Å². The van der Waals surface area contributed by atoms with Crippen molar-refractivity contribution in [3.63, 3.8) is 0 Å². The molecule has 0 spiro atoms. The second-order valence-electron chi connectivity index (χ2n) is 6.99. The third-order valence-corrected chi connectivity index (χ3v) is 5.85. The van der Waals surface area contributed by atoms with Gasteiger partial charge in [0.05, 0.1) is 36.1 Å². The van der Waals surface area contributed by atoms with E-state index in [1.807, 2.05) is 30.6 Å². The summed E-state index contributed by atoms with van der Waals surface area (Å²) in [4.78, 5) is 17.4. The minimum Gasteiger partial charge on any atom is -0.497 e. The van der Waals surface area contributed by atoms with E-state index in [0.29, 0.717) is 21.5 Å². The van der Waals surface area contributed by atoms with Crippen LogP contribution in [0.3, 0.4) is 0 Å². The highest BCUT2D eigenvalue weighted by atomic mass is 79.9. The van der Waals surface area contributed by atoms with Crippen molar-refractivity contribution in [2.24, 2.45) is 0 Å². The van der Waals surface area contributed by atoms with Gasteiger partial charge in [0.1, 0.15) is 5.75 Å². The number of benzene rings is 3. The largest absolute Gasteiger partial charge is 0.497 e. The van der Waals surface area contributed by atoms with Crippen LogP contribution in [-0.2, 0) is 0 Å². The number of methoxy groups -OCH3 is 1. The van der Waals surface area contributed by atoms with E-state index >= 15 is 0 Å². The molecule has 0 bridgehead atoms. The van der Waals surface area contributed by atoms with Gasteiger partial charge in [0, 0.05) is 10.2 Å². The molecular formula is C24H22BrN3O2. The molecule has 6 heteroatoms. The lowest BCUT2D eigenvalue weighted by Gasteiger charge is -2.18. The Morgan fingerprint density at radius 1 is 1.13 bits per heavy atom. The van der Waals surface area contributed by atoms with E-state index in [4.69, 9.17) is 4.74 Å². The Kier molecular flexibility index (Phi) is 5.86. The van der Waals surface area contributed by atoms with E-state index in [1.54, 1.807) is 25.3 Å². The highest BCUT2D eigenvalue weighted by Gasteiger charge is 2.16. The third-order valence-electron chi connectivity index (χ3n) is 5.16. The minimum atomic E-state index is -0.207. The van der Waals surface area contributed by atoms with Crippen LogP contribution in [-0.4, -0.2) is 22.6 Å². The van der Waals surface area contributed by atoms with Crippen molar-refractivity contribution in [1.29, 1.82) is 0 Å². The maximum atomic E-state index is 12.9. The van der Waals surface area contributed by atoms with Gasteiger partial charge in [0.25, 0.3) is 5.91 Å². The van der Waals surface area contributed by atoms with Gasteiger partial charge in [-0.25, -0.2) is 4.98 Å². The number of fused-ring (bicyclic) bond motifs is 1. The number of aromatic nitrogens is 2. The van der Waals surface area contributed by atoms with Gasteiger partial charge in [-0.15, -0.1) is 0 Å². The van der Waals surface area contributed by atoms with Gasteiger partial charge in [-0.2, -0.15) is 0 Å². The van der Waals surface area contributed by atoms with Crippen LogP contribution in [0.5, 0.6) is 5.75 Å². The Morgan fingerprint density at radius 3 is 2.67 bits per heavy atom. The first kappa shape index (κ1) is 20.2. The molecule has 1 N–H and O–H groups in total. The number of nitrogens with zero attached hydrogens (tertiary/aromatic N) is 2. The van der Waals surface area contributed by atoms with Crippen molar-refractivity contribution in [3.05, 3.63) is 88.7 Å². The average Bonchev–Trinajstić information content (AvgIpc) is 3.18. The van der Waals surface area contributed by atoms with E-state index in [2.05, 4.69) is 62.0 Å². The van der Waals surface area contributed by atoms with E-state index in [1.165, 1.54) is 5.56 Å². The molecule has 0 fully saturated rings. The first-order valence-corrected chi connectivity index (χ1v) is 10.6. The fourth-order valence-electron chi connectivity index (χ4n) is 3.62. The molecule has 30 heavy (non-hydrogen) atoms. The number of carbonyl (C=O) groups is 1. The highest BCUT2D eigenvalue weighted by molar-refractivity contribution is 9.10. The van der Waals surface area contributed by atoms with Gasteiger partial charge in [-0.1, -0.05) is 37.3 Å². The van der Waals surface area contributed by atoms with Crippen molar-refractivity contribution >= 4 is 38.6 Å². The quantitative estimate of drug-likeness (QED) is 0.378. The molecule has 3 aromatic carbocycles. The van der Waals surface area contributed by atoms with Gasteiger partial charge in [0.2, 0.25) is 0 Å². The first-order valence-electron chi connectivity index (χ1n) is 9.77. The maximum absolute atomic E-state index is 12.9. The molecule has 152 valence electrons. The number of hydrogen-bond donors (Lipinski definition) is 1. The van der Waals surface area contributed by atoms with Crippen LogP contribution in [0.15, 0.2) is 77.5 Å². The minimum absolute atomic E-state index is 0.176. The molecule has 0 saturated heterocycles. The molecular weight excluding hydrogens is 442 g/mol. The van der Waals surface area contributed by atoms with Crippen LogP contribution in [0.2, 0.25) is 0 Å². The second-order valence-corrected chi connectivity index (χ2v) is 7.84. The van der Waals surface area contributed by atoms with Crippen molar-refractivity contribution in [3.8, 4) is 5.75 Å². The van der Waals surface area contributed by atoms with E-state index in [-0.39, 0.29) is 11.9 Å². The van der Waals surface area contributed by atoms with Crippen molar-refractivity contribution < 1.29 is 9.53 Å². The molecule has 1 unspecified atom stereocenters. The highest BCUT2D eigenvalue weighted by Crippen LogP contribution is 2.29. The van der Waals surface area contributed by atoms with Gasteiger partial charge in [-0.3, -0.25) is 4.79 Å². The van der Waals surface area contributed by atoms with Crippen molar-refractivity contribution in [2.75, 3.05) is 12.4 Å². The lowest BCUT2D eigenvalue weighted by Crippen LogP contribution is -2.13. The zero-order valence-electron chi connectivity index (χ0n) is 16.8. The lowest BCUT2D eigenvalue weighted by molar-refractivity contribution is 0.102. The first-order chi connectivity index (χ1) is 14.6. The molecule has 0 aliphatic rings. The van der Waals surface area contributed by atoms with Gasteiger partial charge in [-0.05, 0) is 64.3 Å². The summed E-state index contributed by atoms with van der Waals surface area (Å²) >= 11 is 3.44. The second kappa shape index (κ2) is 8.71. The topological polar surface area (TPSA) is 56.2 Å². The molecule has 0 aliphatic carbocycles. The van der Waals surface area contributed by atoms with Crippen LogP contribution >= 0.6 is 15.9 Å². The summed E-state index contributed by atoms with van der Waals surface area (Å²) in [6.45, 7) is 2.16. The fourth-order valence-corrected chi connectivity index (χ4v) is 4.05. The fraction of sp³-hybridized carbons (Fsp3) is 0.167. The Balaban J connectivity index is 1.67. The number of carbonyl (C=O) groups excluding carboxylic acids is 1. The summed E-state index contributed by atoms with van der Waals surface area (Å²) in [5, 5.41) is 2.99. The molecule has 4 aromatic rings. The van der Waals surface area contributed by atoms with Gasteiger partial charge < -0.3 is 14.6 Å². The standard InChI is InChI=1S/C24H22BrN3O2/c1-3-22(16-7-5-4-6-8-16)28-15-26-21-12-9-17(13-23(21)28)27-24(29)19-14-18(30-2)10-11-20(19)25/h4-15,22H,3H2,1-2H3,(H,27,29). The summed E-state index contributed by atoms with van der Waals surface area (Å²) < 4.78 is 8.12. The Bertz CT molecular complexity index is 1190. The normalized spacial score (nSPS) is 12.0. The lowest BCUT2D eigenvalue weighted by atomic mass is 10.0. The van der Waals surface area contributed by atoms with Crippen molar-refractivity contribution in [1.82, 2.24) is 9.55 Å². The molecule has 4 rings (SSSR count). The molecule has 1 amide bonds. The molecule has 0 radical (unpaired) electrons.